The van der Waals surface area contributed by atoms with Gasteiger partial charge < -0.3 is 10.0 Å². The first-order valence-electron chi connectivity index (χ1n) is 8.12. The highest BCUT2D eigenvalue weighted by molar-refractivity contribution is 5.93. The molecular weight excluding hydrogens is 307 g/mol. The fourth-order valence-corrected chi connectivity index (χ4v) is 3.32. The number of rotatable bonds is 4. The topological polar surface area (TPSA) is 43.8 Å². The molecule has 1 N–H and O–H groups in total. The first-order chi connectivity index (χ1) is 11.6. The van der Waals surface area contributed by atoms with Crippen molar-refractivity contribution < 1.29 is 14.3 Å². The summed E-state index contributed by atoms with van der Waals surface area (Å²) in [5, 5.41) is 9.73. The summed E-state index contributed by atoms with van der Waals surface area (Å²) in [6, 6.07) is 13.7. The van der Waals surface area contributed by atoms with Crippen molar-refractivity contribution in [3.63, 3.8) is 0 Å². The number of hydrogen-bond acceptors (Lipinski definition) is 2. The zero-order valence-electron chi connectivity index (χ0n) is 13.7. The zero-order chi connectivity index (χ0) is 17.1. The van der Waals surface area contributed by atoms with E-state index < -0.39 is 6.09 Å². The van der Waals surface area contributed by atoms with Crippen LogP contribution >= 0.6 is 0 Å². The molecule has 1 saturated heterocycles. The lowest BCUT2D eigenvalue weighted by atomic mass is 10.0. The minimum atomic E-state index is -1.01. The normalized spacial score (nSPS) is 17.8. The Morgan fingerprint density at radius 2 is 1.88 bits per heavy atom. The van der Waals surface area contributed by atoms with E-state index in [4.69, 9.17) is 0 Å². The molecule has 4 nitrogen and oxygen atoms in total. The summed E-state index contributed by atoms with van der Waals surface area (Å²) in [5.41, 5.74) is 1.54. The highest BCUT2D eigenvalue weighted by Crippen LogP contribution is 2.33. The quantitative estimate of drug-likeness (QED) is 0.920. The van der Waals surface area contributed by atoms with Gasteiger partial charge in [-0.2, -0.15) is 0 Å². The maximum absolute atomic E-state index is 14.2. The molecule has 1 aliphatic rings. The van der Waals surface area contributed by atoms with Gasteiger partial charge in [0.15, 0.2) is 0 Å². The summed E-state index contributed by atoms with van der Waals surface area (Å²) in [7, 11) is 2.01. The Balaban J connectivity index is 2.00. The summed E-state index contributed by atoms with van der Waals surface area (Å²) in [6.07, 6.45) is 1.03. The molecule has 1 fully saturated rings. The van der Waals surface area contributed by atoms with Crippen LogP contribution in [0.1, 0.15) is 12.8 Å². The Kier molecular flexibility index (Phi) is 4.81. The van der Waals surface area contributed by atoms with Gasteiger partial charge in [0.2, 0.25) is 0 Å². The number of likely N-dealkylation sites (N-methyl/N-ethyl adjacent to an activating group) is 1. The number of amides is 1. The molecule has 0 saturated carbocycles. The number of carboxylic acid groups (broad SMARTS) is 1. The molecule has 2 aromatic carbocycles. The van der Waals surface area contributed by atoms with E-state index in [-0.39, 0.29) is 11.9 Å². The van der Waals surface area contributed by atoms with Crippen LogP contribution in [0, 0.1) is 5.82 Å². The molecule has 5 heteroatoms. The zero-order valence-corrected chi connectivity index (χ0v) is 13.7. The second-order valence-corrected chi connectivity index (χ2v) is 6.17. The molecule has 1 unspecified atom stereocenters. The van der Waals surface area contributed by atoms with Gasteiger partial charge in [0.1, 0.15) is 5.82 Å². The summed E-state index contributed by atoms with van der Waals surface area (Å²) < 4.78 is 14.2. The Hall–Kier alpha value is -2.40. The molecule has 126 valence electrons. The Bertz CT molecular complexity index is 735. The van der Waals surface area contributed by atoms with Crippen LogP contribution in [0.4, 0.5) is 14.9 Å². The Morgan fingerprint density at radius 1 is 1.21 bits per heavy atom. The molecule has 24 heavy (non-hydrogen) atoms. The molecular formula is C19H21FN2O2. The number of para-hydroxylation sites is 1. The third-order valence-electron chi connectivity index (χ3n) is 4.65. The first kappa shape index (κ1) is 16.5. The fraction of sp³-hybridized carbons (Fsp3) is 0.316. The highest BCUT2D eigenvalue weighted by Gasteiger charge is 2.28. The molecule has 1 atom stereocenters. The van der Waals surface area contributed by atoms with Gasteiger partial charge in [-0.3, -0.25) is 4.90 Å². The molecule has 0 aromatic heterocycles. The predicted octanol–water partition coefficient (Wildman–Crippen LogP) is 4.07. The van der Waals surface area contributed by atoms with E-state index in [0.717, 1.165) is 19.4 Å². The van der Waals surface area contributed by atoms with E-state index in [9.17, 15) is 14.3 Å². The van der Waals surface area contributed by atoms with Gasteiger partial charge in [-0.15, -0.1) is 0 Å². The van der Waals surface area contributed by atoms with Crippen molar-refractivity contribution in [2.45, 2.75) is 18.9 Å². The maximum atomic E-state index is 14.2. The maximum Gasteiger partial charge on any atom is 0.411 e. The summed E-state index contributed by atoms with van der Waals surface area (Å²) >= 11 is 0. The van der Waals surface area contributed by atoms with Crippen LogP contribution in [0.3, 0.4) is 0 Å². The lowest BCUT2D eigenvalue weighted by Gasteiger charge is -2.28. The number of benzene rings is 2. The highest BCUT2D eigenvalue weighted by atomic mass is 19.1. The van der Waals surface area contributed by atoms with Gasteiger partial charge in [-0.05, 0) is 38.6 Å². The van der Waals surface area contributed by atoms with E-state index >= 15 is 0 Å². The van der Waals surface area contributed by atoms with Gasteiger partial charge in [0.05, 0.1) is 5.69 Å². The van der Waals surface area contributed by atoms with E-state index in [2.05, 4.69) is 4.90 Å². The third-order valence-corrected chi connectivity index (χ3v) is 4.65. The van der Waals surface area contributed by atoms with E-state index in [0.29, 0.717) is 23.4 Å². The van der Waals surface area contributed by atoms with E-state index in [1.807, 2.05) is 7.05 Å². The van der Waals surface area contributed by atoms with Gasteiger partial charge in [0.25, 0.3) is 0 Å². The van der Waals surface area contributed by atoms with Crippen molar-refractivity contribution in [2.24, 2.45) is 0 Å². The largest absolute Gasteiger partial charge is 0.465 e. The SMILES string of the molecule is CN1CCCC1CN(C(=O)O)c1ccccc1-c1ccccc1F. The van der Waals surface area contributed by atoms with Crippen molar-refractivity contribution in [1.82, 2.24) is 4.90 Å². The monoisotopic (exact) mass is 328 g/mol. The van der Waals surface area contributed by atoms with Crippen LogP contribution in [0.5, 0.6) is 0 Å². The number of anilines is 1. The lowest BCUT2D eigenvalue weighted by Crippen LogP contribution is -2.41. The standard InChI is InChI=1S/C19H21FN2O2/c1-21-12-6-7-14(21)13-22(19(23)24)18-11-5-3-9-16(18)15-8-2-4-10-17(15)20/h2-5,8-11,14H,6-7,12-13H2,1H3,(H,23,24). The molecule has 3 rings (SSSR count). The average Bonchev–Trinajstić information content (AvgIpc) is 2.98. The number of hydrogen-bond donors (Lipinski definition) is 1. The molecule has 0 spiro atoms. The van der Waals surface area contributed by atoms with E-state index in [1.54, 1.807) is 42.5 Å². The van der Waals surface area contributed by atoms with Crippen LogP contribution in [0.25, 0.3) is 11.1 Å². The van der Waals surface area contributed by atoms with Crippen molar-refractivity contribution in [3.05, 3.63) is 54.3 Å². The van der Waals surface area contributed by atoms with E-state index in [1.165, 1.54) is 11.0 Å². The van der Waals surface area contributed by atoms with Crippen LogP contribution in [0.15, 0.2) is 48.5 Å². The van der Waals surface area contributed by atoms with Crippen molar-refractivity contribution >= 4 is 11.8 Å². The van der Waals surface area contributed by atoms with Crippen LogP contribution in [-0.4, -0.2) is 42.3 Å². The minimum Gasteiger partial charge on any atom is -0.465 e. The second kappa shape index (κ2) is 7.01. The first-order valence-corrected chi connectivity index (χ1v) is 8.12. The Morgan fingerprint density at radius 3 is 2.50 bits per heavy atom. The lowest BCUT2D eigenvalue weighted by molar-refractivity contribution is 0.198. The summed E-state index contributed by atoms with van der Waals surface area (Å²) in [6.45, 7) is 1.37. The third kappa shape index (κ3) is 3.26. The van der Waals surface area contributed by atoms with Crippen LogP contribution in [0.2, 0.25) is 0 Å². The summed E-state index contributed by atoms with van der Waals surface area (Å²) in [5.74, 6) is -0.353. The number of nitrogens with zero attached hydrogens (tertiary/aromatic N) is 2. The smallest absolute Gasteiger partial charge is 0.411 e. The summed E-state index contributed by atoms with van der Waals surface area (Å²) in [4.78, 5) is 15.4. The van der Waals surface area contributed by atoms with Crippen molar-refractivity contribution in [2.75, 3.05) is 25.0 Å². The van der Waals surface area contributed by atoms with Gasteiger partial charge >= 0.3 is 6.09 Å². The number of halogens is 1. The van der Waals surface area contributed by atoms with Gasteiger partial charge in [-0.1, -0.05) is 36.4 Å². The molecule has 2 aromatic rings. The fourth-order valence-electron chi connectivity index (χ4n) is 3.32. The van der Waals surface area contributed by atoms with Crippen LogP contribution < -0.4 is 4.90 Å². The molecule has 0 bridgehead atoms. The van der Waals surface area contributed by atoms with Crippen LogP contribution in [-0.2, 0) is 0 Å². The Labute approximate surface area is 141 Å². The van der Waals surface area contributed by atoms with Gasteiger partial charge in [0, 0.05) is 23.7 Å². The predicted molar refractivity (Wildman–Crippen MR) is 92.9 cm³/mol. The van der Waals surface area contributed by atoms with Crippen molar-refractivity contribution in [3.8, 4) is 11.1 Å². The molecule has 1 heterocycles. The molecule has 0 aliphatic carbocycles. The average molecular weight is 328 g/mol. The number of carbonyl (C=O) groups is 1. The second-order valence-electron chi connectivity index (χ2n) is 6.17. The minimum absolute atomic E-state index is 0.190. The molecule has 1 aliphatic heterocycles. The van der Waals surface area contributed by atoms with Crippen molar-refractivity contribution in [1.29, 1.82) is 0 Å². The number of likely N-dealkylation sites (tertiary alicyclic amines) is 1. The van der Waals surface area contributed by atoms with Gasteiger partial charge in [-0.25, -0.2) is 9.18 Å². The molecule has 1 amide bonds. The molecule has 0 radical (unpaired) electrons.